The van der Waals surface area contributed by atoms with E-state index in [0.717, 1.165) is 25.2 Å². The highest BCUT2D eigenvalue weighted by Gasteiger charge is 2.23. The molecule has 1 unspecified atom stereocenters. The van der Waals surface area contributed by atoms with E-state index in [1.54, 1.807) is 30.3 Å². The van der Waals surface area contributed by atoms with Gasteiger partial charge in [0, 0.05) is 31.4 Å². The second kappa shape index (κ2) is 9.09. The van der Waals surface area contributed by atoms with Gasteiger partial charge in [-0.1, -0.05) is 0 Å². The number of carbonyl (C=O) groups is 1. The van der Waals surface area contributed by atoms with E-state index >= 15 is 0 Å². The minimum Gasteiger partial charge on any atom is -0.493 e. The molecule has 0 spiro atoms. The lowest BCUT2D eigenvalue weighted by molar-refractivity contribution is -0.123. The molecule has 28 heavy (non-hydrogen) atoms. The maximum absolute atomic E-state index is 13.0. The number of benzene rings is 2. The Morgan fingerprint density at radius 3 is 2.79 bits per heavy atom. The number of carbonyl (C=O) groups excluding carboxylic acids is 1. The van der Waals surface area contributed by atoms with Crippen LogP contribution < -0.4 is 19.7 Å². The number of nitrogens with one attached hydrogen (secondary N) is 1. The molecule has 2 aromatic carbocycles. The van der Waals surface area contributed by atoms with Crippen LogP contribution in [0, 0.1) is 23.1 Å². The fraction of sp³-hybridized carbons (Fsp3) is 0.333. The highest BCUT2D eigenvalue weighted by molar-refractivity contribution is 5.77. The minimum atomic E-state index is -0.245. The van der Waals surface area contributed by atoms with Crippen LogP contribution in [-0.2, 0) is 4.79 Å². The quantitative estimate of drug-likeness (QED) is 0.796. The van der Waals surface area contributed by atoms with E-state index in [1.165, 1.54) is 19.2 Å². The summed E-state index contributed by atoms with van der Waals surface area (Å²) in [6.45, 7) is 2.13. The molecule has 1 heterocycles. The summed E-state index contributed by atoms with van der Waals surface area (Å²) < 4.78 is 23.7. The van der Waals surface area contributed by atoms with Crippen LogP contribution in [0.4, 0.5) is 10.1 Å². The van der Waals surface area contributed by atoms with E-state index < -0.39 is 0 Å². The fourth-order valence-electron chi connectivity index (χ4n) is 3.19. The van der Waals surface area contributed by atoms with Crippen LogP contribution in [-0.4, -0.2) is 39.3 Å². The number of hydrogen-bond acceptors (Lipinski definition) is 5. The SMILES string of the molecule is COc1cc(C#N)ccc1OCC(=O)NCC1CCN(c2ccc(F)cc2)C1. The molecule has 0 radical (unpaired) electrons. The van der Waals surface area contributed by atoms with Gasteiger partial charge in [0.05, 0.1) is 18.7 Å². The van der Waals surface area contributed by atoms with Crippen LogP contribution >= 0.6 is 0 Å². The second-order valence-electron chi connectivity index (χ2n) is 6.65. The van der Waals surface area contributed by atoms with Gasteiger partial charge in [-0.05, 0) is 48.7 Å². The number of rotatable bonds is 7. The van der Waals surface area contributed by atoms with Crippen molar-refractivity contribution in [2.45, 2.75) is 6.42 Å². The third-order valence-electron chi connectivity index (χ3n) is 4.72. The molecule has 1 amide bonds. The standard InChI is InChI=1S/C21H22FN3O3/c1-27-20-10-15(11-23)2-7-19(20)28-14-21(26)24-12-16-8-9-25(13-16)18-5-3-17(22)4-6-18/h2-7,10,16H,8-9,12-14H2,1H3,(H,24,26). The van der Waals surface area contributed by atoms with Crippen molar-refractivity contribution < 1.29 is 18.7 Å². The lowest BCUT2D eigenvalue weighted by atomic mass is 10.1. The Balaban J connectivity index is 1.44. The zero-order valence-corrected chi connectivity index (χ0v) is 15.7. The summed E-state index contributed by atoms with van der Waals surface area (Å²) in [5.41, 5.74) is 1.45. The van der Waals surface area contributed by atoms with E-state index in [-0.39, 0.29) is 18.3 Å². The van der Waals surface area contributed by atoms with Crippen molar-refractivity contribution in [3.8, 4) is 17.6 Å². The summed E-state index contributed by atoms with van der Waals surface area (Å²) in [4.78, 5) is 14.3. The molecule has 0 aromatic heterocycles. The third-order valence-corrected chi connectivity index (χ3v) is 4.72. The average Bonchev–Trinajstić information content (AvgIpc) is 3.20. The monoisotopic (exact) mass is 383 g/mol. The van der Waals surface area contributed by atoms with Crippen molar-refractivity contribution in [3.63, 3.8) is 0 Å². The van der Waals surface area contributed by atoms with Gasteiger partial charge in [-0.15, -0.1) is 0 Å². The van der Waals surface area contributed by atoms with Crippen molar-refractivity contribution in [2.75, 3.05) is 38.3 Å². The second-order valence-corrected chi connectivity index (χ2v) is 6.65. The van der Waals surface area contributed by atoms with E-state index in [4.69, 9.17) is 14.7 Å². The lowest BCUT2D eigenvalue weighted by Gasteiger charge is -2.19. The molecule has 0 saturated carbocycles. The van der Waals surface area contributed by atoms with Crippen LogP contribution in [0.2, 0.25) is 0 Å². The zero-order chi connectivity index (χ0) is 19.9. The van der Waals surface area contributed by atoms with Crippen LogP contribution in [0.3, 0.4) is 0 Å². The van der Waals surface area contributed by atoms with Gasteiger partial charge < -0.3 is 19.7 Å². The first-order chi connectivity index (χ1) is 13.6. The molecule has 0 bridgehead atoms. The van der Waals surface area contributed by atoms with Gasteiger partial charge in [0.15, 0.2) is 18.1 Å². The number of nitrogens with zero attached hydrogens (tertiary/aromatic N) is 2. The highest BCUT2D eigenvalue weighted by atomic mass is 19.1. The maximum Gasteiger partial charge on any atom is 0.257 e. The Hall–Kier alpha value is -3.27. The summed E-state index contributed by atoms with van der Waals surface area (Å²) in [5.74, 6) is 0.702. The molecule has 1 saturated heterocycles. The molecular formula is C21H22FN3O3. The number of nitriles is 1. The first-order valence-electron chi connectivity index (χ1n) is 9.07. The van der Waals surface area contributed by atoms with Crippen molar-refractivity contribution in [3.05, 3.63) is 53.8 Å². The summed E-state index contributed by atoms with van der Waals surface area (Å²) in [6, 6.07) is 13.3. The van der Waals surface area contributed by atoms with Gasteiger partial charge in [-0.2, -0.15) is 5.26 Å². The van der Waals surface area contributed by atoms with E-state index in [9.17, 15) is 9.18 Å². The first-order valence-corrected chi connectivity index (χ1v) is 9.07. The molecule has 0 aliphatic carbocycles. The van der Waals surface area contributed by atoms with Crippen LogP contribution in [0.25, 0.3) is 0 Å². The number of ether oxygens (including phenoxy) is 2. The largest absolute Gasteiger partial charge is 0.493 e. The van der Waals surface area contributed by atoms with Crippen molar-refractivity contribution in [1.82, 2.24) is 5.32 Å². The number of hydrogen-bond donors (Lipinski definition) is 1. The number of halogens is 1. The summed E-state index contributed by atoms with van der Waals surface area (Å²) >= 11 is 0. The molecular weight excluding hydrogens is 361 g/mol. The Labute approximate surface area is 163 Å². The predicted octanol–water partition coefficient (Wildman–Crippen LogP) is 2.73. The lowest BCUT2D eigenvalue weighted by Crippen LogP contribution is -2.34. The first kappa shape index (κ1) is 19.5. The summed E-state index contributed by atoms with van der Waals surface area (Å²) in [7, 11) is 1.48. The van der Waals surface area contributed by atoms with Gasteiger partial charge >= 0.3 is 0 Å². The number of methoxy groups -OCH3 is 1. The number of anilines is 1. The Morgan fingerprint density at radius 2 is 2.07 bits per heavy atom. The van der Waals surface area contributed by atoms with Gasteiger partial charge in [0.25, 0.3) is 5.91 Å². The van der Waals surface area contributed by atoms with Crippen LogP contribution in [0.5, 0.6) is 11.5 Å². The van der Waals surface area contributed by atoms with Crippen molar-refractivity contribution >= 4 is 11.6 Å². The molecule has 1 N–H and O–H groups in total. The van der Waals surface area contributed by atoms with Crippen molar-refractivity contribution in [1.29, 1.82) is 5.26 Å². The molecule has 7 heteroatoms. The predicted molar refractivity (Wildman–Crippen MR) is 103 cm³/mol. The van der Waals surface area contributed by atoms with E-state index in [2.05, 4.69) is 10.2 Å². The van der Waals surface area contributed by atoms with Gasteiger partial charge in [-0.25, -0.2) is 4.39 Å². The molecule has 3 rings (SSSR count). The Kier molecular flexibility index (Phi) is 6.33. The topological polar surface area (TPSA) is 74.6 Å². The van der Waals surface area contributed by atoms with Crippen molar-refractivity contribution in [2.24, 2.45) is 5.92 Å². The van der Waals surface area contributed by atoms with Crippen LogP contribution in [0.15, 0.2) is 42.5 Å². The minimum absolute atomic E-state index is 0.128. The smallest absolute Gasteiger partial charge is 0.257 e. The Bertz CT molecular complexity index is 864. The van der Waals surface area contributed by atoms with E-state index in [1.807, 2.05) is 6.07 Å². The van der Waals surface area contributed by atoms with Gasteiger partial charge in [0.2, 0.25) is 0 Å². The van der Waals surface area contributed by atoms with E-state index in [0.29, 0.717) is 29.5 Å². The maximum atomic E-state index is 13.0. The zero-order valence-electron chi connectivity index (χ0n) is 15.7. The summed E-state index contributed by atoms with van der Waals surface area (Å²) in [6.07, 6.45) is 0.960. The summed E-state index contributed by atoms with van der Waals surface area (Å²) in [5, 5.41) is 11.8. The third kappa shape index (κ3) is 4.92. The number of amides is 1. The van der Waals surface area contributed by atoms with Crippen LogP contribution in [0.1, 0.15) is 12.0 Å². The average molecular weight is 383 g/mol. The molecule has 1 aliphatic heterocycles. The molecule has 2 aromatic rings. The van der Waals surface area contributed by atoms with Gasteiger partial charge in [-0.3, -0.25) is 4.79 Å². The molecule has 146 valence electrons. The molecule has 1 fully saturated rings. The normalized spacial score (nSPS) is 15.8. The fourth-order valence-corrected chi connectivity index (χ4v) is 3.19. The molecule has 1 atom stereocenters. The molecule has 1 aliphatic rings. The van der Waals surface area contributed by atoms with Gasteiger partial charge in [0.1, 0.15) is 5.82 Å². The molecule has 6 nitrogen and oxygen atoms in total. The Morgan fingerprint density at radius 1 is 1.29 bits per heavy atom. The highest BCUT2D eigenvalue weighted by Crippen LogP contribution is 2.28.